The normalized spacial score (nSPS) is 11.5. The molecule has 7 rings (SSSR count). The van der Waals surface area contributed by atoms with Gasteiger partial charge in [-0.05, 0) is 81.2 Å². The lowest BCUT2D eigenvalue weighted by molar-refractivity contribution is 1.30. The molecule has 36 heavy (non-hydrogen) atoms. The summed E-state index contributed by atoms with van der Waals surface area (Å²) in [6.07, 6.45) is 0. The van der Waals surface area contributed by atoms with Crippen LogP contribution in [0.3, 0.4) is 0 Å². The summed E-state index contributed by atoms with van der Waals surface area (Å²) in [5.74, 6) is 0. The first-order valence-electron chi connectivity index (χ1n) is 12.1. The van der Waals surface area contributed by atoms with E-state index in [9.17, 15) is 0 Å². The highest BCUT2D eigenvalue weighted by Crippen LogP contribution is 2.50. The lowest BCUT2D eigenvalue weighted by Gasteiger charge is -2.27. The zero-order valence-corrected chi connectivity index (χ0v) is 21.1. The van der Waals surface area contributed by atoms with Crippen molar-refractivity contribution in [3.05, 3.63) is 138 Å². The van der Waals surface area contributed by atoms with E-state index in [0.717, 1.165) is 15.8 Å². The third-order valence-electron chi connectivity index (χ3n) is 7.08. The minimum Gasteiger partial charge on any atom is -0.310 e. The van der Waals surface area contributed by atoms with Gasteiger partial charge in [0.1, 0.15) is 0 Å². The molecule has 0 heterocycles. The standard InChI is InChI=1S/C34H22BrN/c35-25-17-13-23(14-18-25)24-15-19-27(20-16-24)36(26-7-2-1-3-8-26)33-22-21-31-29-10-5-4-9-28(29)30-11-6-12-32(33)34(30)31/h1-22H. The first-order chi connectivity index (χ1) is 17.8. The fourth-order valence-electron chi connectivity index (χ4n) is 5.44. The smallest absolute Gasteiger partial charge is 0.0540 e. The van der Waals surface area contributed by atoms with Crippen LogP contribution in [-0.4, -0.2) is 0 Å². The Morgan fingerprint density at radius 1 is 0.417 bits per heavy atom. The summed E-state index contributed by atoms with van der Waals surface area (Å²) in [5.41, 5.74) is 11.2. The van der Waals surface area contributed by atoms with E-state index < -0.39 is 0 Å². The average Bonchev–Trinajstić information content (AvgIpc) is 3.27. The Balaban J connectivity index is 1.41. The number of hydrogen-bond donors (Lipinski definition) is 0. The maximum absolute atomic E-state index is 3.54. The van der Waals surface area contributed by atoms with Crippen molar-refractivity contribution in [2.75, 3.05) is 4.90 Å². The Labute approximate surface area is 219 Å². The van der Waals surface area contributed by atoms with Crippen LogP contribution >= 0.6 is 15.9 Å². The molecule has 1 aliphatic rings. The number of hydrogen-bond acceptors (Lipinski definition) is 1. The molecule has 0 saturated carbocycles. The highest BCUT2D eigenvalue weighted by molar-refractivity contribution is 9.10. The van der Waals surface area contributed by atoms with Gasteiger partial charge in [-0.2, -0.15) is 0 Å². The van der Waals surface area contributed by atoms with Gasteiger partial charge in [-0.3, -0.25) is 0 Å². The molecule has 0 atom stereocenters. The van der Waals surface area contributed by atoms with E-state index in [4.69, 9.17) is 0 Å². The Hall–Kier alpha value is -4.14. The van der Waals surface area contributed by atoms with Gasteiger partial charge in [-0.25, -0.2) is 0 Å². The van der Waals surface area contributed by atoms with Crippen molar-refractivity contribution >= 4 is 43.8 Å². The molecule has 0 saturated heterocycles. The maximum atomic E-state index is 3.54. The highest BCUT2D eigenvalue weighted by atomic mass is 79.9. The van der Waals surface area contributed by atoms with Crippen LogP contribution in [0.15, 0.2) is 138 Å². The van der Waals surface area contributed by atoms with E-state index in [0.29, 0.717) is 0 Å². The molecule has 170 valence electrons. The zero-order chi connectivity index (χ0) is 24.1. The van der Waals surface area contributed by atoms with Crippen molar-refractivity contribution in [2.24, 2.45) is 0 Å². The van der Waals surface area contributed by atoms with Gasteiger partial charge in [0.15, 0.2) is 0 Å². The lowest BCUT2D eigenvalue weighted by Crippen LogP contribution is -2.10. The summed E-state index contributed by atoms with van der Waals surface area (Å²) >= 11 is 3.54. The Kier molecular flexibility index (Phi) is 5.00. The lowest BCUT2D eigenvalue weighted by atomic mass is 10.00. The quantitative estimate of drug-likeness (QED) is 0.221. The van der Waals surface area contributed by atoms with Gasteiger partial charge in [0.25, 0.3) is 0 Å². The second kappa shape index (κ2) is 8.51. The van der Waals surface area contributed by atoms with E-state index >= 15 is 0 Å². The molecule has 0 amide bonds. The Bertz CT molecular complexity index is 1690. The summed E-state index contributed by atoms with van der Waals surface area (Å²) in [7, 11) is 0. The number of para-hydroxylation sites is 1. The highest BCUT2D eigenvalue weighted by Gasteiger charge is 2.24. The van der Waals surface area contributed by atoms with Crippen molar-refractivity contribution in [1.82, 2.24) is 0 Å². The molecule has 6 aromatic rings. The number of benzene rings is 6. The molecule has 0 spiro atoms. The fourth-order valence-corrected chi connectivity index (χ4v) is 5.70. The van der Waals surface area contributed by atoms with Crippen LogP contribution in [0.25, 0.3) is 44.2 Å². The monoisotopic (exact) mass is 523 g/mol. The van der Waals surface area contributed by atoms with E-state index in [1.807, 2.05) is 0 Å². The Morgan fingerprint density at radius 2 is 0.972 bits per heavy atom. The summed E-state index contributed by atoms with van der Waals surface area (Å²) in [6.45, 7) is 0. The van der Waals surface area contributed by atoms with Crippen molar-refractivity contribution in [2.45, 2.75) is 0 Å². The van der Waals surface area contributed by atoms with Crippen molar-refractivity contribution in [1.29, 1.82) is 0 Å². The second-order valence-corrected chi connectivity index (χ2v) is 10.0. The number of halogens is 1. The fraction of sp³-hybridized carbons (Fsp3) is 0. The van der Waals surface area contributed by atoms with E-state index in [1.54, 1.807) is 0 Å². The first-order valence-corrected chi connectivity index (χ1v) is 12.9. The molecule has 2 heteroatoms. The summed E-state index contributed by atoms with van der Waals surface area (Å²) in [5, 5.41) is 2.60. The SMILES string of the molecule is Brc1ccc(-c2ccc(N(c3ccccc3)c3ccc4c5c(cccc35)-c3ccccc3-4)cc2)cc1. The molecule has 6 aromatic carbocycles. The molecule has 0 unspecified atom stereocenters. The van der Waals surface area contributed by atoms with E-state index in [1.165, 1.54) is 49.8 Å². The number of nitrogens with zero attached hydrogens (tertiary/aromatic N) is 1. The predicted octanol–water partition coefficient (Wildman–Crippen LogP) is 10.4. The molecule has 0 aromatic heterocycles. The van der Waals surface area contributed by atoms with Crippen LogP contribution in [0.1, 0.15) is 0 Å². The molecule has 0 bridgehead atoms. The molecule has 0 N–H and O–H groups in total. The van der Waals surface area contributed by atoms with Gasteiger partial charge in [0, 0.05) is 21.2 Å². The number of anilines is 3. The molecular weight excluding hydrogens is 502 g/mol. The first kappa shape index (κ1) is 21.2. The molecule has 0 radical (unpaired) electrons. The van der Waals surface area contributed by atoms with Crippen LogP contribution in [-0.2, 0) is 0 Å². The molecule has 0 fully saturated rings. The van der Waals surface area contributed by atoms with Crippen molar-refractivity contribution in [3.8, 4) is 33.4 Å². The van der Waals surface area contributed by atoms with Gasteiger partial charge in [0.2, 0.25) is 0 Å². The third kappa shape index (κ3) is 3.37. The summed E-state index contributed by atoms with van der Waals surface area (Å²) in [4.78, 5) is 2.37. The minimum absolute atomic E-state index is 1.09. The van der Waals surface area contributed by atoms with Gasteiger partial charge in [0.05, 0.1) is 5.69 Å². The van der Waals surface area contributed by atoms with Gasteiger partial charge >= 0.3 is 0 Å². The largest absolute Gasteiger partial charge is 0.310 e. The van der Waals surface area contributed by atoms with Crippen molar-refractivity contribution in [3.63, 3.8) is 0 Å². The predicted molar refractivity (Wildman–Crippen MR) is 156 cm³/mol. The number of fused-ring (bicyclic) bond motifs is 3. The minimum atomic E-state index is 1.09. The second-order valence-electron chi connectivity index (χ2n) is 9.13. The molecule has 1 aliphatic carbocycles. The average molecular weight is 524 g/mol. The number of rotatable bonds is 4. The van der Waals surface area contributed by atoms with Gasteiger partial charge < -0.3 is 4.90 Å². The Morgan fingerprint density at radius 3 is 1.67 bits per heavy atom. The van der Waals surface area contributed by atoms with Crippen LogP contribution in [0.2, 0.25) is 0 Å². The van der Waals surface area contributed by atoms with Gasteiger partial charge in [-0.15, -0.1) is 0 Å². The maximum Gasteiger partial charge on any atom is 0.0540 e. The summed E-state index contributed by atoms with van der Waals surface area (Å²) < 4.78 is 1.09. The zero-order valence-electron chi connectivity index (χ0n) is 19.5. The van der Waals surface area contributed by atoms with Gasteiger partial charge in [-0.1, -0.05) is 107 Å². The molecule has 1 nitrogen and oxygen atoms in total. The van der Waals surface area contributed by atoms with Crippen LogP contribution in [0.5, 0.6) is 0 Å². The van der Waals surface area contributed by atoms with E-state index in [2.05, 4.69) is 154 Å². The van der Waals surface area contributed by atoms with Crippen LogP contribution in [0.4, 0.5) is 17.1 Å². The van der Waals surface area contributed by atoms with E-state index in [-0.39, 0.29) is 0 Å². The van der Waals surface area contributed by atoms with Crippen LogP contribution in [0, 0.1) is 0 Å². The third-order valence-corrected chi connectivity index (χ3v) is 7.61. The topological polar surface area (TPSA) is 3.24 Å². The van der Waals surface area contributed by atoms with Crippen molar-refractivity contribution < 1.29 is 0 Å². The summed E-state index contributed by atoms with van der Waals surface area (Å²) in [6, 6.07) is 48.0. The molecule has 0 aliphatic heterocycles. The molecular formula is C34H22BrN. The van der Waals surface area contributed by atoms with Crippen LogP contribution < -0.4 is 4.90 Å².